The van der Waals surface area contributed by atoms with E-state index in [1.807, 2.05) is 0 Å². The molecule has 0 spiro atoms. The largest absolute Gasteiger partial charge is 0.481 e. The third kappa shape index (κ3) is 12.4. The predicted molar refractivity (Wildman–Crippen MR) is 94.2 cm³/mol. The third-order valence-electron chi connectivity index (χ3n) is 4.11. The van der Waals surface area contributed by atoms with Crippen LogP contribution in [0.4, 0.5) is 0 Å². The van der Waals surface area contributed by atoms with E-state index in [0.717, 1.165) is 12.8 Å². The average molecular weight is 359 g/mol. The fourth-order valence-corrected chi connectivity index (χ4v) is 2.57. The number of hydrogen-bond donors (Lipinski definition) is 3. The highest BCUT2D eigenvalue weighted by Crippen LogP contribution is 2.14. The van der Waals surface area contributed by atoms with Crippen molar-refractivity contribution in [2.45, 2.75) is 89.5 Å². The molecule has 0 amide bonds. The molecule has 0 aromatic heterocycles. The number of ether oxygens (including phenoxy) is 1. The van der Waals surface area contributed by atoms with Crippen LogP contribution in [0.5, 0.6) is 0 Å². The Balaban J connectivity index is 3.72. The highest BCUT2D eigenvalue weighted by Gasteiger charge is 2.39. The first-order valence-electron chi connectivity index (χ1n) is 9.21. The first-order chi connectivity index (χ1) is 11.8. The molecule has 146 valence electrons. The Bertz CT molecular complexity index is 412. The van der Waals surface area contributed by atoms with E-state index >= 15 is 0 Å². The Morgan fingerprint density at radius 1 is 0.840 bits per heavy atom. The second kappa shape index (κ2) is 13.6. The first-order valence-corrected chi connectivity index (χ1v) is 9.21. The van der Waals surface area contributed by atoms with Gasteiger partial charge in [-0.1, -0.05) is 64.7 Å². The smallest absolute Gasteiger partial charge is 0.324 e. The normalized spacial score (nSPS) is 13.2. The SMILES string of the molecule is CCCCCCCCCCCCOC(=O)CC(N)(CC(=O)O)C(=O)O. The molecule has 0 aliphatic carbocycles. The molecule has 0 aliphatic heterocycles. The van der Waals surface area contributed by atoms with Crippen LogP contribution in [0.1, 0.15) is 84.0 Å². The van der Waals surface area contributed by atoms with Crippen molar-refractivity contribution in [3.8, 4) is 0 Å². The number of carbonyl (C=O) groups is 3. The van der Waals surface area contributed by atoms with Crippen LogP contribution in [0.15, 0.2) is 0 Å². The summed E-state index contributed by atoms with van der Waals surface area (Å²) in [4.78, 5) is 33.4. The Morgan fingerprint density at radius 3 is 1.76 bits per heavy atom. The summed E-state index contributed by atoms with van der Waals surface area (Å²) in [5, 5.41) is 17.7. The molecular formula is C18H33NO6. The monoisotopic (exact) mass is 359 g/mol. The lowest BCUT2D eigenvalue weighted by Gasteiger charge is -2.21. The Hall–Kier alpha value is -1.63. The number of unbranched alkanes of at least 4 members (excludes halogenated alkanes) is 9. The minimum absolute atomic E-state index is 0.206. The Labute approximate surface area is 149 Å². The lowest BCUT2D eigenvalue weighted by atomic mass is 9.93. The van der Waals surface area contributed by atoms with Gasteiger partial charge in [0.2, 0.25) is 0 Å². The molecule has 1 atom stereocenters. The van der Waals surface area contributed by atoms with Crippen molar-refractivity contribution in [3.05, 3.63) is 0 Å². The van der Waals surface area contributed by atoms with Crippen molar-refractivity contribution in [3.63, 3.8) is 0 Å². The topological polar surface area (TPSA) is 127 Å². The quantitative estimate of drug-likeness (QED) is 0.285. The molecule has 1 unspecified atom stereocenters. The van der Waals surface area contributed by atoms with Gasteiger partial charge in [-0.3, -0.25) is 14.4 Å². The first kappa shape index (κ1) is 23.4. The van der Waals surface area contributed by atoms with E-state index in [0.29, 0.717) is 6.42 Å². The fourth-order valence-electron chi connectivity index (χ4n) is 2.57. The van der Waals surface area contributed by atoms with Gasteiger partial charge < -0.3 is 20.7 Å². The molecule has 7 heteroatoms. The molecule has 4 N–H and O–H groups in total. The minimum atomic E-state index is -2.12. The van der Waals surface area contributed by atoms with Crippen molar-refractivity contribution >= 4 is 17.9 Å². The minimum Gasteiger partial charge on any atom is -0.481 e. The zero-order valence-electron chi connectivity index (χ0n) is 15.3. The zero-order chi connectivity index (χ0) is 19.1. The van der Waals surface area contributed by atoms with Gasteiger partial charge in [-0.25, -0.2) is 0 Å². The summed E-state index contributed by atoms with van der Waals surface area (Å²) in [5.41, 5.74) is 3.37. The summed E-state index contributed by atoms with van der Waals surface area (Å²) in [6.07, 6.45) is 10.1. The summed E-state index contributed by atoms with van der Waals surface area (Å²) >= 11 is 0. The molecule has 0 aromatic carbocycles. The van der Waals surface area contributed by atoms with Crippen molar-refractivity contribution in [2.75, 3.05) is 6.61 Å². The summed E-state index contributed by atoms with van der Waals surface area (Å²) in [7, 11) is 0. The number of carboxylic acids is 2. The molecule has 0 aromatic rings. The number of rotatable bonds is 16. The van der Waals surface area contributed by atoms with Gasteiger partial charge >= 0.3 is 17.9 Å². The van der Waals surface area contributed by atoms with Crippen LogP contribution in [0.25, 0.3) is 0 Å². The van der Waals surface area contributed by atoms with Crippen LogP contribution in [0.3, 0.4) is 0 Å². The van der Waals surface area contributed by atoms with Crippen molar-refractivity contribution in [1.29, 1.82) is 0 Å². The Morgan fingerprint density at radius 2 is 1.32 bits per heavy atom. The van der Waals surface area contributed by atoms with Gasteiger partial charge in [0.15, 0.2) is 0 Å². The van der Waals surface area contributed by atoms with Gasteiger partial charge in [0.1, 0.15) is 5.54 Å². The standard InChI is InChI=1S/C18H33NO6/c1-2-3-4-5-6-7-8-9-10-11-12-25-16(22)14-18(19,17(23)24)13-15(20)21/h2-14,19H2,1H3,(H,20,21)(H,23,24). The van der Waals surface area contributed by atoms with Gasteiger partial charge in [-0.2, -0.15) is 0 Å². The zero-order valence-corrected chi connectivity index (χ0v) is 15.3. The molecular weight excluding hydrogens is 326 g/mol. The second-order valence-corrected chi connectivity index (χ2v) is 6.61. The van der Waals surface area contributed by atoms with E-state index in [-0.39, 0.29) is 6.61 Å². The lowest BCUT2D eigenvalue weighted by Crippen LogP contribution is -2.51. The summed E-state index contributed by atoms with van der Waals surface area (Å²) in [6.45, 7) is 2.41. The van der Waals surface area contributed by atoms with E-state index in [4.69, 9.17) is 20.7 Å². The highest BCUT2D eigenvalue weighted by molar-refractivity contribution is 5.89. The van der Waals surface area contributed by atoms with Crippen molar-refractivity contribution in [1.82, 2.24) is 0 Å². The van der Waals surface area contributed by atoms with Crippen LogP contribution in [0.2, 0.25) is 0 Å². The molecule has 0 heterocycles. The van der Waals surface area contributed by atoms with Gasteiger partial charge in [0, 0.05) is 0 Å². The molecule has 0 radical (unpaired) electrons. The van der Waals surface area contributed by atoms with Crippen LogP contribution >= 0.6 is 0 Å². The van der Waals surface area contributed by atoms with Gasteiger partial charge in [-0.05, 0) is 6.42 Å². The maximum absolute atomic E-state index is 11.6. The van der Waals surface area contributed by atoms with Gasteiger partial charge in [0.05, 0.1) is 19.4 Å². The summed E-state index contributed by atoms with van der Waals surface area (Å²) in [6, 6.07) is 0. The van der Waals surface area contributed by atoms with Crippen LogP contribution < -0.4 is 5.73 Å². The van der Waals surface area contributed by atoms with E-state index in [2.05, 4.69) is 6.92 Å². The second-order valence-electron chi connectivity index (χ2n) is 6.61. The molecule has 0 saturated heterocycles. The highest BCUT2D eigenvalue weighted by atomic mass is 16.5. The third-order valence-corrected chi connectivity index (χ3v) is 4.11. The maximum Gasteiger partial charge on any atom is 0.324 e. The van der Waals surface area contributed by atoms with E-state index in [9.17, 15) is 14.4 Å². The van der Waals surface area contributed by atoms with Crippen molar-refractivity contribution in [2.24, 2.45) is 5.73 Å². The number of nitrogens with two attached hydrogens (primary N) is 1. The lowest BCUT2D eigenvalue weighted by molar-refractivity contribution is -0.156. The van der Waals surface area contributed by atoms with Gasteiger partial charge in [-0.15, -0.1) is 0 Å². The summed E-state index contributed by atoms with van der Waals surface area (Å²) < 4.78 is 4.97. The molecule has 7 nitrogen and oxygen atoms in total. The number of esters is 1. The van der Waals surface area contributed by atoms with Crippen LogP contribution in [-0.4, -0.2) is 40.3 Å². The van der Waals surface area contributed by atoms with E-state index in [1.165, 1.54) is 44.9 Å². The molecule has 0 aliphatic rings. The molecule has 0 bridgehead atoms. The maximum atomic E-state index is 11.6. The Kier molecular flexibility index (Phi) is 12.7. The number of carbonyl (C=O) groups excluding carboxylic acids is 1. The number of hydrogen-bond acceptors (Lipinski definition) is 5. The van der Waals surface area contributed by atoms with E-state index in [1.54, 1.807) is 0 Å². The van der Waals surface area contributed by atoms with Crippen molar-refractivity contribution < 1.29 is 29.3 Å². The molecule has 0 saturated carbocycles. The van der Waals surface area contributed by atoms with Crippen LogP contribution in [0, 0.1) is 0 Å². The number of aliphatic carboxylic acids is 2. The molecule has 0 fully saturated rings. The fraction of sp³-hybridized carbons (Fsp3) is 0.833. The number of carboxylic acid groups (broad SMARTS) is 2. The molecule has 0 rings (SSSR count). The average Bonchev–Trinajstić information content (AvgIpc) is 2.51. The van der Waals surface area contributed by atoms with Gasteiger partial charge in [0.25, 0.3) is 0 Å². The summed E-state index contributed by atoms with van der Waals surface area (Å²) in [5.74, 6) is -3.67. The predicted octanol–water partition coefficient (Wildman–Crippen LogP) is 3.10. The molecule has 25 heavy (non-hydrogen) atoms. The van der Waals surface area contributed by atoms with Crippen LogP contribution in [-0.2, 0) is 19.1 Å². The van der Waals surface area contributed by atoms with E-state index < -0.39 is 36.3 Å².